The molecule has 0 saturated heterocycles. The van der Waals surface area contributed by atoms with Gasteiger partial charge < -0.3 is 14.8 Å². The molecule has 0 atom stereocenters. The first-order valence-electron chi connectivity index (χ1n) is 8.94. The van der Waals surface area contributed by atoms with Crippen LogP contribution in [0.5, 0.6) is 11.5 Å². The molecule has 7 heteroatoms. The van der Waals surface area contributed by atoms with E-state index in [0.717, 1.165) is 24.0 Å². The summed E-state index contributed by atoms with van der Waals surface area (Å²) < 4.78 is 10.8. The van der Waals surface area contributed by atoms with Gasteiger partial charge in [-0.25, -0.2) is 4.98 Å². The first-order valence-corrected chi connectivity index (χ1v) is 9.32. The van der Waals surface area contributed by atoms with Gasteiger partial charge in [-0.1, -0.05) is 35.9 Å². The average Bonchev–Trinajstić information content (AvgIpc) is 3.40. The molecule has 0 unspecified atom stereocenters. The number of carbonyl (C=O) groups is 1. The molecule has 1 N–H and O–H groups in total. The Morgan fingerprint density at radius 1 is 1.07 bits per heavy atom. The minimum atomic E-state index is -0.552. The molecule has 1 aromatic heterocycles. The van der Waals surface area contributed by atoms with Gasteiger partial charge >= 0.3 is 0 Å². The van der Waals surface area contributed by atoms with E-state index in [4.69, 9.17) is 21.1 Å². The number of ether oxygens (including phenoxy) is 2. The average molecular weight is 396 g/mol. The molecule has 2 aliphatic rings. The SMILES string of the molecule is O=C(Nc1cnc(-c2ccccc2Cl)cn1)C1(c2ccc3c(c2)OCO3)CC1.[HH]. The van der Waals surface area contributed by atoms with Crippen LogP contribution in [0.3, 0.4) is 0 Å². The summed E-state index contributed by atoms with van der Waals surface area (Å²) in [6.07, 6.45) is 4.72. The van der Waals surface area contributed by atoms with Gasteiger partial charge in [-0.05, 0) is 36.6 Å². The van der Waals surface area contributed by atoms with E-state index in [1.807, 2.05) is 36.4 Å². The number of aromatic nitrogens is 2. The van der Waals surface area contributed by atoms with Crippen LogP contribution in [0.4, 0.5) is 5.82 Å². The van der Waals surface area contributed by atoms with Crippen LogP contribution in [0.2, 0.25) is 5.02 Å². The highest BCUT2D eigenvalue weighted by Crippen LogP contribution is 2.51. The van der Waals surface area contributed by atoms with Gasteiger partial charge in [0.15, 0.2) is 17.3 Å². The molecule has 28 heavy (non-hydrogen) atoms. The van der Waals surface area contributed by atoms with E-state index in [9.17, 15) is 4.79 Å². The zero-order valence-electron chi connectivity index (χ0n) is 14.8. The van der Waals surface area contributed by atoms with Crippen molar-refractivity contribution in [1.29, 1.82) is 0 Å². The summed E-state index contributed by atoms with van der Waals surface area (Å²) in [7, 11) is 0. The molecule has 0 spiro atoms. The van der Waals surface area contributed by atoms with Crippen LogP contribution in [0.1, 0.15) is 19.8 Å². The van der Waals surface area contributed by atoms with Crippen LogP contribution < -0.4 is 14.8 Å². The highest BCUT2D eigenvalue weighted by atomic mass is 35.5. The normalized spacial score (nSPS) is 15.9. The van der Waals surface area contributed by atoms with Crippen molar-refractivity contribution in [2.24, 2.45) is 0 Å². The predicted molar refractivity (Wildman–Crippen MR) is 107 cm³/mol. The van der Waals surface area contributed by atoms with E-state index < -0.39 is 5.41 Å². The van der Waals surface area contributed by atoms with E-state index in [-0.39, 0.29) is 14.1 Å². The van der Waals surface area contributed by atoms with Crippen LogP contribution in [0, 0.1) is 0 Å². The van der Waals surface area contributed by atoms with Crippen LogP contribution in [-0.4, -0.2) is 22.7 Å². The third-order valence-electron chi connectivity index (χ3n) is 5.15. The number of rotatable bonds is 4. The number of fused-ring (bicyclic) bond motifs is 1. The molecular formula is C21H18ClN3O3. The Bertz CT molecular complexity index is 1070. The Labute approximate surface area is 168 Å². The molecule has 1 amide bonds. The van der Waals surface area contributed by atoms with Crippen molar-refractivity contribution in [1.82, 2.24) is 9.97 Å². The van der Waals surface area contributed by atoms with Gasteiger partial charge in [0.2, 0.25) is 12.7 Å². The number of hydrogen-bond donors (Lipinski definition) is 1. The van der Waals surface area contributed by atoms with Gasteiger partial charge in [0.25, 0.3) is 0 Å². The highest BCUT2D eigenvalue weighted by Gasteiger charge is 2.51. The fraction of sp³-hybridized carbons (Fsp3) is 0.190. The molecular weight excluding hydrogens is 378 g/mol. The number of benzene rings is 2. The molecule has 2 heterocycles. The lowest BCUT2D eigenvalue weighted by molar-refractivity contribution is -0.118. The fourth-order valence-corrected chi connectivity index (χ4v) is 3.64. The zero-order chi connectivity index (χ0) is 19.1. The van der Waals surface area contributed by atoms with Crippen molar-refractivity contribution in [3.05, 3.63) is 65.4 Å². The summed E-state index contributed by atoms with van der Waals surface area (Å²) in [5.41, 5.74) is 1.83. The minimum Gasteiger partial charge on any atom is -0.454 e. The molecule has 0 radical (unpaired) electrons. The lowest BCUT2D eigenvalue weighted by Gasteiger charge is -2.16. The number of carbonyl (C=O) groups excluding carboxylic acids is 1. The summed E-state index contributed by atoms with van der Waals surface area (Å²) in [6, 6.07) is 13.1. The van der Waals surface area contributed by atoms with Gasteiger partial charge in [-0.2, -0.15) is 0 Å². The van der Waals surface area contributed by atoms with E-state index in [1.54, 1.807) is 18.5 Å². The Morgan fingerprint density at radius 2 is 1.89 bits per heavy atom. The van der Waals surface area contributed by atoms with Crippen molar-refractivity contribution < 1.29 is 15.7 Å². The summed E-state index contributed by atoms with van der Waals surface area (Å²) in [6.45, 7) is 0.214. The van der Waals surface area contributed by atoms with Crippen LogP contribution in [0.25, 0.3) is 11.3 Å². The van der Waals surface area contributed by atoms with E-state index in [1.165, 1.54) is 0 Å². The number of amides is 1. The summed E-state index contributed by atoms with van der Waals surface area (Å²) in [5.74, 6) is 1.71. The van der Waals surface area contributed by atoms with Gasteiger partial charge in [0, 0.05) is 6.99 Å². The third kappa shape index (κ3) is 2.86. The predicted octanol–water partition coefficient (Wildman–Crippen LogP) is 4.44. The molecule has 5 rings (SSSR count). The van der Waals surface area contributed by atoms with Crippen molar-refractivity contribution >= 4 is 23.3 Å². The second-order valence-corrected chi connectivity index (χ2v) is 7.28. The summed E-state index contributed by atoms with van der Waals surface area (Å²) in [5, 5.41) is 3.49. The largest absolute Gasteiger partial charge is 0.454 e. The summed E-state index contributed by atoms with van der Waals surface area (Å²) >= 11 is 6.20. The molecule has 6 nitrogen and oxygen atoms in total. The summed E-state index contributed by atoms with van der Waals surface area (Å²) in [4.78, 5) is 21.7. The number of nitrogens with one attached hydrogen (secondary N) is 1. The lowest BCUT2D eigenvalue weighted by Crippen LogP contribution is -2.28. The van der Waals surface area contributed by atoms with Crippen LogP contribution in [-0.2, 0) is 10.2 Å². The Balaban J connectivity index is 0.00000205. The maximum absolute atomic E-state index is 12.9. The number of nitrogens with zero attached hydrogens (tertiary/aromatic N) is 2. The number of halogens is 1. The maximum Gasteiger partial charge on any atom is 0.236 e. The maximum atomic E-state index is 12.9. The molecule has 0 bridgehead atoms. The van der Waals surface area contributed by atoms with E-state index >= 15 is 0 Å². The van der Waals surface area contributed by atoms with Gasteiger partial charge in [0.1, 0.15) is 0 Å². The molecule has 1 saturated carbocycles. The van der Waals surface area contributed by atoms with Crippen molar-refractivity contribution in [2.45, 2.75) is 18.3 Å². The van der Waals surface area contributed by atoms with Crippen molar-refractivity contribution in [3.8, 4) is 22.8 Å². The topological polar surface area (TPSA) is 73.3 Å². The molecule has 1 aliphatic heterocycles. The first kappa shape index (κ1) is 17.0. The monoisotopic (exact) mass is 395 g/mol. The molecule has 2 aromatic carbocycles. The minimum absolute atomic E-state index is 0. The first-order chi connectivity index (χ1) is 13.7. The van der Waals surface area contributed by atoms with Gasteiger partial charge in [-0.3, -0.25) is 9.78 Å². The number of hydrogen-bond acceptors (Lipinski definition) is 5. The second-order valence-electron chi connectivity index (χ2n) is 6.87. The molecule has 1 aliphatic carbocycles. The Morgan fingerprint density at radius 3 is 2.64 bits per heavy atom. The van der Waals surface area contributed by atoms with Crippen molar-refractivity contribution in [2.75, 3.05) is 12.1 Å². The van der Waals surface area contributed by atoms with Gasteiger partial charge in [-0.15, -0.1) is 0 Å². The quantitative estimate of drug-likeness (QED) is 0.706. The molecule has 3 aromatic rings. The van der Waals surface area contributed by atoms with E-state index in [2.05, 4.69) is 15.3 Å². The highest BCUT2D eigenvalue weighted by molar-refractivity contribution is 6.33. The van der Waals surface area contributed by atoms with Crippen molar-refractivity contribution in [3.63, 3.8) is 0 Å². The third-order valence-corrected chi connectivity index (χ3v) is 5.48. The smallest absolute Gasteiger partial charge is 0.236 e. The Hall–Kier alpha value is -3.12. The molecule has 142 valence electrons. The molecule has 1 fully saturated rings. The number of anilines is 1. The Kier molecular flexibility index (Phi) is 3.94. The lowest BCUT2D eigenvalue weighted by atomic mass is 9.94. The standard InChI is InChI=1S/C21H16ClN3O3.H2/c22-15-4-2-1-3-14(15)16-10-24-19(11-23-16)25-20(26)21(7-8-21)13-5-6-17-18(9-13)28-12-27-17;/h1-6,9-11H,7-8,12H2,(H,24,25,26);1H. The second kappa shape index (κ2) is 6.49. The van der Waals surface area contributed by atoms with Crippen LogP contribution >= 0.6 is 11.6 Å². The zero-order valence-corrected chi connectivity index (χ0v) is 15.6. The van der Waals surface area contributed by atoms with Gasteiger partial charge in [0.05, 0.1) is 28.5 Å². The fourth-order valence-electron chi connectivity index (χ4n) is 3.40. The van der Waals surface area contributed by atoms with Crippen LogP contribution in [0.15, 0.2) is 54.9 Å². The van der Waals surface area contributed by atoms with E-state index in [0.29, 0.717) is 28.0 Å².